The van der Waals surface area contributed by atoms with Crippen LogP contribution in [-0.4, -0.2) is 19.0 Å². The molecule has 0 fully saturated rings. The number of nitrogens with one attached hydrogen (secondary N) is 2. The van der Waals surface area contributed by atoms with Crippen molar-refractivity contribution in [2.45, 2.75) is 39.7 Å². The number of carbonyl (C=O) groups excluding carboxylic acids is 1. The molecule has 1 rings (SSSR count). The summed E-state index contributed by atoms with van der Waals surface area (Å²) < 4.78 is 0. The first kappa shape index (κ1) is 14.2. The lowest BCUT2D eigenvalue weighted by atomic mass is 10.2. The van der Waals surface area contributed by atoms with Gasteiger partial charge < -0.3 is 10.6 Å². The lowest BCUT2D eigenvalue weighted by molar-refractivity contribution is -0.121. The first-order valence-electron chi connectivity index (χ1n) is 6.19. The van der Waals surface area contributed by atoms with Gasteiger partial charge in [0.2, 0.25) is 5.91 Å². The monoisotopic (exact) mass is 254 g/mol. The van der Waals surface area contributed by atoms with E-state index in [4.69, 9.17) is 0 Å². The molecule has 1 aromatic heterocycles. The number of rotatable bonds is 7. The highest BCUT2D eigenvalue weighted by molar-refractivity contribution is 7.10. The summed E-state index contributed by atoms with van der Waals surface area (Å²) in [6.45, 7) is 7.83. The van der Waals surface area contributed by atoms with Crippen LogP contribution in [0.2, 0.25) is 0 Å². The van der Waals surface area contributed by atoms with Crippen molar-refractivity contribution in [1.29, 1.82) is 0 Å². The fourth-order valence-corrected chi connectivity index (χ4v) is 2.64. The summed E-state index contributed by atoms with van der Waals surface area (Å²) in [5.41, 5.74) is 1.32. The highest BCUT2D eigenvalue weighted by Gasteiger charge is 2.09. The standard InChI is InChI=1S/C13H22N2OS/c1-4-7-15-12(16)5-8-14-11(3)13-10(2)6-9-17-13/h6,9,11,14H,4-5,7-8H2,1-3H3,(H,15,16). The summed E-state index contributed by atoms with van der Waals surface area (Å²) in [7, 11) is 0. The van der Waals surface area contributed by atoms with Crippen molar-refractivity contribution in [1.82, 2.24) is 10.6 Å². The van der Waals surface area contributed by atoms with Crippen LogP contribution in [0, 0.1) is 6.92 Å². The van der Waals surface area contributed by atoms with Gasteiger partial charge in [0.25, 0.3) is 0 Å². The van der Waals surface area contributed by atoms with Crippen molar-refractivity contribution in [2.24, 2.45) is 0 Å². The first-order chi connectivity index (χ1) is 8.15. The highest BCUT2D eigenvalue weighted by atomic mass is 32.1. The predicted octanol–water partition coefficient (Wildman–Crippen LogP) is 2.62. The molecule has 0 saturated carbocycles. The van der Waals surface area contributed by atoms with Crippen molar-refractivity contribution in [3.63, 3.8) is 0 Å². The third kappa shape index (κ3) is 4.88. The van der Waals surface area contributed by atoms with E-state index in [-0.39, 0.29) is 5.91 Å². The van der Waals surface area contributed by atoms with Gasteiger partial charge in [-0.25, -0.2) is 0 Å². The van der Waals surface area contributed by atoms with Crippen LogP contribution in [0.25, 0.3) is 0 Å². The Kier molecular flexibility index (Phi) is 6.22. The lowest BCUT2D eigenvalue weighted by Gasteiger charge is -2.13. The van der Waals surface area contributed by atoms with Crippen LogP contribution < -0.4 is 10.6 Å². The van der Waals surface area contributed by atoms with Crippen molar-refractivity contribution in [3.05, 3.63) is 21.9 Å². The first-order valence-corrected chi connectivity index (χ1v) is 7.07. The topological polar surface area (TPSA) is 41.1 Å². The summed E-state index contributed by atoms with van der Waals surface area (Å²) in [6.07, 6.45) is 1.54. The molecule has 1 aromatic rings. The van der Waals surface area contributed by atoms with Crippen LogP contribution in [-0.2, 0) is 4.79 Å². The quantitative estimate of drug-likeness (QED) is 0.785. The van der Waals surface area contributed by atoms with Gasteiger partial charge in [0, 0.05) is 30.4 Å². The van der Waals surface area contributed by atoms with Crippen LogP contribution in [0.15, 0.2) is 11.4 Å². The van der Waals surface area contributed by atoms with Crippen LogP contribution in [0.1, 0.15) is 43.2 Å². The van der Waals surface area contributed by atoms with E-state index in [9.17, 15) is 4.79 Å². The van der Waals surface area contributed by atoms with E-state index in [0.717, 1.165) is 19.5 Å². The van der Waals surface area contributed by atoms with Gasteiger partial charge >= 0.3 is 0 Å². The second kappa shape index (κ2) is 7.45. The Morgan fingerprint density at radius 3 is 2.82 bits per heavy atom. The molecule has 96 valence electrons. The van der Waals surface area contributed by atoms with Gasteiger partial charge in [0.1, 0.15) is 0 Å². The van der Waals surface area contributed by atoms with Crippen molar-refractivity contribution >= 4 is 17.2 Å². The molecule has 1 amide bonds. The number of hydrogen-bond donors (Lipinski definition) is 2. The van der Waals surface area contributed by atoms with Gasteiger partial charge in [-0.15, -0.1) is 11.3 Å². The molecule has 1 atom stereocenters. The molecule has 1 unspecified atom stereocenters. The summed E-state index contributed by atoms with van der Waals surface area (Å²) in [6, 6.07) is 2.46. The zero-order chi connectivity index (χ0) is 12.7. The van der Waals surface area contributed by atoms with Gasteiger partial charge in [-0.1, -0.05) is 6.92 Å². The summed E-state index contributed by atoms with van der Waals surface area (Å²) in [5, 5.41) is 8.37. The van der Waals surface area contributed by atoms with Gasteiger partial charge in [-0.3, -0.25) is 4.79 Å². The Morgan fingerprint density at radius 1 is 1.47 bits per heavy atom. The Hall–Kier alpha value is -0.870. The SMILES string of the molecule is CCCNC(=O)CCNC(C)c1sccc1C. The fourth-order valence-electron chi connectivity index (χ4n) is 1.68. The molecule has 2 N–H and O–H groups in total. The normalized spacial score (nSPS) is 12.4. The number of amides is 1. The molecule has 0 radical (unpaired) electrons. The van der Waals surface area contributed by atoms with Crippen LogP contribution in [0.5, 0.6) is 0 Å². The number of aryl methyl sites for hydroxylation is 1. The Balaban J connectivity index is 2.23. The predicted molar refractivity (Wildman–Crippen MR) is 73.4 cm³/mol. The second-order valence-corrected chi connectivity index (χ2v) is 5.19. The van der Waals surface area contributed by atoms with Crippen LogP contribution in [0.4, 0.5) is 0 Å². The van der Waals surface area contributed by atoms with E-state index < -0.39 is 0 Å². The van der Waals surface area contributed by atoms with Gasteiger partial charge in [0.15, 0.2) is 0 Å². The molecule has 0 aliphatic carbocycles. The zero-order valence-electron chi connectivity index (χ0n) is 10.9. The minimum Gasteiger partial charge on any atom is -0.356 e. The lowest BCUT2D eigenvalue weighted by Crippen LogP contribution is -2.29. The maximum absolute atomic E-state index is 11.4. The minimum absolute atomic E-state index is 0.134. The Bertz CT molecular complexity index is 349. The van der Waals surface area contributed by atoms with E-state index in [0.29, 0.717) is 12.5 Å². The van der Waals surface area contributed by atoms with Gasteiger partial charge in [-0.2, -0.15) is 0 Å². The number of thiophene rings is 1. The second-order valence-electron chi connectivity index (χ2n) is 4.24. The Morgan fingerprint density at radius 2 is 2.24 bits per heavy atom. The smallest absolute Gasteiger partial charge is 0.221 e. The fraction of sp³-hybridized carbons (Fsp3) is 0.615. The molecule has 0 aromatic carbocycles. The zero-order valence-corrected chi connectivity index (χ0v) is 11.7. The molecule has 3 nitrogen and oxygen atoms in total. The van der Waals surface area contributed by atoms with E-state index in [2.05, 4.69) is 42.9 Å². The van der Waals surface area contributed by atoms with E-state index in [1.807, 2.05) is 0 Å². The van der Waals surface area contributed by atoms with Crippen molar-refractivity contribution < 1.29 is 4.79 Å². The van der Waals surface area contributed by atoms with E-state index >= 15 is 0 Å². The maximum atomic E-state index is 11.4. The molecule has 1 heterocycles. The molecule has 0 aliphatic heterocycles. The molecule has 0 bridgehead atoms. The molecule has 0 saturated heterocycles. The molecule has 4 heteroatoms. The average Bonchev–Trinajstić information content (AvgIpc) is 2.72. The summed E-state index contributed by atoms with van der Waals surface area (Å²) in [4.78, 5) is 12.7. The number of carbonyl (C=O) groups is 1. The third-order valence-electron chi connectivity index (χ3n) is 2.67. The van der Waals surface area contributed by atoms with E-state index in [1.165, 1.54) is 10.4 Å². The average molecular weight is 254 g/mol. The minimum atomic E-state index is 0.134. The van der Waals surface area contributed by atoms with Crippen LogP contribution in [0.3, 0.4) is 0 Å². The van der Waals surface area contributed by atoms with Crippen molar-refractivity contribution in [3.8, 4) is 0 Å². The molecule has 17 heavy (non-hydrogen) atoms. The molecule has 0 spiro atoms. The maximum Gasteiger partial charge on any atom is 0.221 e. The van der Waals surface area contributed by atoms with E-state index in [1.54, 1.807) is 11.3 Å². The van der Waals surface area contributed by atoms with Gasteiger partial charge in [-0.05, 0) is 37.3 Å². The van der Waals surface area contributed by atoms with Crippen LogP contribution >= 0.6 is 11.3 Å². The summed E-state index contributed by atoms with van der Waals surface area (Å²) >= 11 is 1.77. The number of hydrogen-bond acceptors (Lipinski definition) is 3. The molecule has 0 aliphatic rings. The largest absolute Gasteiger partial charge is 0.356 e. The van der Waals surface area contributed by atoms with Crippen molar-refractivity contribution in [2.75, 3.05) is 13.1 Å². The molecular formula is C13H22N2OS. The summed E-state index contributed by atoms with van der Waals surface area (Å²) in [5.74, 6) is 0.134. The Labute approximate surface area is 108 Å². The third-order valence-corrected chi connectivity index (χ3v) is 3.87. The molecular weight excluding hydrogens is 232 g/mol. The highest BCUT2D eigenvalue weighted by Crippen LogP contribution is 2.23. The van der Waals surface area contributed by atoms with Gasteiger partial charge in [0.05, 0.1) is 0 Å².